The van der Waals surface area contributed by atoms with E-state index >= 15 is 0 Å². The van der Waals surface area contributed by atoms with E-state index in [9.17, 15) is 9.59 Å². The Morgan fingerprint density at radius 3 is 3.00 bits per heavy atom. The van der Waals surface area contributed by atoms with E-state index in [-0.39, 0.29) is 17.4 Å². The highest BCUT2D eigenvalue weighted by Crippen LogP contribution is 2.25. The van der Waals surface area contributed by atoms with Gasteiger partial charge in [-0.05, 0) is 18.6 Å². The van der Waals surface area contributed by atoms with Crippen LogP contribution in [0.5, 0.6) is 0 Å². The van der Waals surface area contributed by atoms with Gasteiger partial charge in [0.2, 0.25) is 0 Å². The Balaban J connectivity index is 2.39. The van der Waals surface area contributed by atoms with Gasteiger partial charge >= 0.3 is 5.69 Å². The van der Waals surface area contributed by atoms with Crippen LogP contribution < -0.4 is 17.0 Å². The molecule has 0 aromatic carbocycles. The third-order valence-electron chi connectivity index (χ3n) is 2.52. The molecule has 1 aromatic heterocycles. The number of nitrogens with two attached hydrogens (primary N) is 1. The minimum atomic E-state index is -0.500. The Morgan fingerprint density at radius 2 is 2.33 bits per heavy atom. The third-order valence-corrected chi connectivity index (χ3v) is 3.72. The molecule has 1 unspecified atom stereocenters. The van der Waals surface area contributed by atoms with Gasteiger partial charge in [-0.15, -0.1) is 0 Å². The monoisotopic (exact) mass is 227 g/mol. The standard InChI is InChI=1S/C9H13N3O2S/c10-7-4-12(9(14)11-8(7)13)6-2-1-3-15-5-6/h4,6H,1-3,5,10H2,(H,11,13,14). The zero-order valence-corrected chi connectivity index (χ0v) is 9.05. The van der Waals surface area contributed by atoms with Crippen LogP contribution in [-0.4, -0.2) is 21.1 Å². The summed E-state index contributed by atoms with van der Waals surface area (Å²) in [6.45, 7) is 0. The average molecular weight is 227 g/mol. The number of thioether (sulfide) groups is 1. The first-order chi connectivity index (χ1) is 7.18. The van der Waals surface area contributed by atoms with Gasteiger partial charge in [0, 0.05) is 18.0 Å². The number of nitrogen functional groups attached to an aromatic ring is 1. The van der Waals surface area contributed by atoms with Crippen molar-refractivity contribution in [2.45, 2.75) is 18.9 Å². The summed E-state index contributed by atoms with van der Waals surface area (Å²) in [7, 11) is 0. The second-order valence-corrected chi connectivity index (χ2v) is 4.77. The first kappa shape index (κ1) is 10.4. The molecule has 2 heterocycles. The number of nitrogens with zero attached hydrogens (tertiary/aromatic N) is 1. The summed E-state index contributed by atoms with van der Waals surface area (Å²) < 4.78 is 1.54. The summed E-state index contributed by atoms with van der Waals surface area (Å²) in [5.74, 6) is 2.05. The average Bonchev–Trinajstić information content (AvgIpc) is 2.25. The smallest absolute Gasteiger partial charge is 0.328 e. The predicted octanol–water partition coefficient (Wildman–Crippen LogP) is 0.187. The van der Waals surface area contributed by atoms with Gasteiger partial charge in [0.1, 0.15) is 5.69 Å². The van der Waals surface area contributed by atoms with Gasteiger partial charge in [0.05, 0.1) is 0 Å². The Morgan fingerprint density at radius 1 is 1.53 bits per heavy atom. The molecule has 1 aliphatic rings. The molecule has 0 radical (unpaired) electrons. The lowest BCUT2D eigenvalue weighted by molar-refractivity contribution is 0.477. The Kier molecular flexibility index (Phi) is 2.86. The molecule has 0 aliphatic carbocycles. The lowest BCUT2D eigenvalue weighted by Gasteiger charge is -2.23. The third kappa shape index (κ3) is 2.09. The maximum atomic E-state index is 11.5. The van der Waals surface area contributed by atoms with Crippen LogP contribution in [0.1, 0.15) is 18.9 Å². The summed E-state index contributed by atoms with van der Waals surface area (Å²) in [6, 6.07) is 0.162. The number of H-pyrrole nitrogens is 1. The van der Waals surface area contributed by atoms with Crippen LogP contribution in [-0.2, 0) is 0 Å². The zero-order valence-electron chi connectivity index (χ0n) is 8.23. The van der Waals surface area contributed by atoms with Crippen LogP contribution in [0, 0.1) is 0 Å². The summed E-state index contributed by atoms with van der Waals surface area (Å²) in [5.41, 5.74) is 4.73. The van der Waals surface area contributed by atoms with Gasteiger partial charge in [-0.2, -0.15) is 11.8 Å². The van der Waals surface area contributed by atoms with E-state index in [1.807, 2.05) is 11.8 Å². The largest absolute Gasteiger partial charge is 0.393 e. The summed E-state index contributed by atoms with van der Waals surface area (Å²) in [6.07, 6.45) is 3.52. The van der Waals surface area contributed by atoms with E-state index in [4.69, 9.17) is 5.73 Å². The van der Waals surface area contributed by atoms with E-state index in [0.29, 0.717) is 0 Å². The van der Waals surface area contributed by atoms with Crippen molar-refractivity contribution < 1.29 is 0 Å². The highest BCUT2D eigenvalue weighted by molar-refractivity contribution is 7.99. The van der Waals surface area contributed by atoms with Crippen molar-refractivity contribution in [3.63, 3.8) is 0 Å². The van der Waals surface area contributed by atoms with Gasteiger partial charge in [-0.25, -0.2) is 4.79 Å². The molecule has 0 bridgehead atoms. The van der Waals surface area contributed by atoms with Gasteiger partial charge in [-0.1, -0.05) is 0 Å². The van der Waals surface area contributed by atoms with Crippen molar-refractivity contribution in [2.24, 2.45) is 0 Å². The SMILES string of the molecule is Nc1cn(C2CCCSC2)c(=O)[nH]c1=O. The van der Waals surface area contributed by atoms with Gasteiger partial charge in [0.15, 0.2) is 0 Å². The first-order valence-corrected chi connectivity index (χ1v) is 6.02. The zero-order chi connectivity index (χ0) is 10.8. The van der Waals surface area contributed by atoms with Crippen molar-refractivity contribution >= 4 is 17.4 Å². The lowest BCUT2D eigenvalue weighted by Crippen LogP contribution is -2.35. The minimum Gasteiger partial charge on any atom is -0.393 e. The molecule has 1 aliphatic heterocycles. The predicted molar refractivity (Wildman–Crippen MR) is 61.3 cm³/mol. The fraction of sp³-hybridized carbons (Fsp3) is 0.556. The van der Waals surface area contributed by atoms with E-state index < -0.39 is 5.56 Å². The summed E-state index contributed by atoms with van der Waals surface area (Å²) in [5, 5.41) is 0. The molecule has 1 fully saturated rings. The molecular formula is C9H13N3O2S. The van der Waals surface area contributed by atoms with Gasteiger partial charge in [-0.3, -0.25) is 14.3 Å². The van der Waals surface area contributed by atoms with Crippen molar-refractivity contribution in [1.29, 1.82) is 0 Å². The number of hydrogen-bond donors (Lipinski definition) is 2. The Bertz CT molecular complexity index is 459. The second-order valence-electron chi connectivity index (χ2n) is 3.62. The molecule has 0 spiro atoms. The Hall–Kier alpha value is -1.17. The van der Waals surface area contributed by atoms with E-state index in [1.165, 1.54) is 6.20 Å². The van der Waals surface area contributed by atoms with E-state index in [1.54, 1.807) is 4.57 Å². The van der Waals surface area contributed by atoms with Crippen molar-refractivity contribution in [3.8, 4) is 0 Å². The summed E-state index contributed by atoms with van der Waals surface area (Å²) in [4.78, 5) is 24.8. The van der Waals surface area contributed by atoms with Crippen LogP contribution >= 0.6 is 11.8 Å². The molecule has 0 saturated carbocycles. The number of nitrogens with one attached hydrogen (secondary N) is 1. The second kappa shape index (κ2) is 4.14. The minimum absolute atomic E-state index is 0.102. The highest BCUT2D eigenvalue weighted by atomic mass is 32.2. The maximum Gasteiger partial charge on any atom is 0.328 e. The van der Waals surface area contributed by atoms with Crippen LogP contribution in [0.4, 0.5) is 5.69 Å². The first-order valence-electron chi connectivity index (χ1n) is 4.87. The topological polar surface area (TPSA) is 80.9 Å². The number of rotatable bonds is 1. The summed E-state index contributed by atoms with van der Waals surface area (Å²) >= 11 is 1.82. The van der Waals surface area contributed by atoms with Crippen molar-refractivity contribution in [2.75, 3.05) is 17.2 Å². The molecule has 0 amide bonds. The van der Waals surface area contributed by atoms with Crippen LogP contribution in [0.3, 0.4) is 0 Å². The molecule has 1 saturated heterocycles. The molecular weight excluding hydrogens is 214 g/mol. The molecule has 1 atom stereocenters. The fourth-order valence-electron chi connectivity index (χ4n) is 1.72. The molecule has 2 rings (SSSR count). The van der Waals surface area contributed by atoms with Crippen LogP contribution in [0.25, 0.3) is 0 Å². The molecule has 15 heavy (non-hydrogen) atoms. The highest BCUT2D eigenvalue weighted by Gasteiger charge is 2.17. The number of aromatic nitrogens is 2. The van der Waals surface area contributed by atoms with E-state index in [2.05, 4.69) is 4.98 Å². The molecule has 3 N–H and O–H groups in total. The van der Waals surface area contributed by atoms with Crippen LogP contribution in [0.2, 0.25) is 0 Å². The molecule has 1 aromatic rings. The van der Waals surface area contributed by atoms with Crippen molar-refractivity contribution in [3.05, 3.63) is 27.0 Å². The quantitative estimate of drug-likeness (QED) is 0.717. The number of aromatic amines is 1. The number of hydrogen-bond acceptors (Lipinski definition) is 4. The number of anilines is 1. The fourth-order valence-corrected chi connectivity index (χ4v) is 2.85. The van der Waals surface area contributed by atoms with Gasteiger partial charge in [0.25, 0.3) is 5.56 Å². The Labute approximate surface area is 90.7 Å². The lowest BCUT2D eigenvalue weighted by atomic mass is 10.2. The molecule has 6 heteroatoms. The van der Waals surface area contributed by atoms with Crippen LogP contribution in [0.15, 0.2) is 15.8 Å². The van der Waals surface area contributed by atoms with Gasteiger partial charge < -0.3 is 5.73 Å². The van der Waals surface area contributed by atoms with E-state index in [0.717, 1.165) is 24.3 Å². The maximum absolute atomic E-state index is 11.5. The van der Waals surface area contributed by atoms with Crippen molar-refractivity contribution in [1.82, 2.24) is 9.55 Å². The normalized spacial score (nSPS) is 21.5. The molecule has 5 nitrogen and oxygen atoms in total. The molecule has 82 valence electrons.